The van der Waals surface area contributed by atoms with Gasteiger partial charge in [-0.15, -0.1) is 0 Å². The predicted octanol–water partition coefficient (Wildman–Crippen LogP) is 2.64. The summed E-state index contributed by atoms with van der Waals surface area (Å²) in [5.74, 6) is 3.57. The van der Waals surface area contributed by atoms with Gasteiger partial charge in [0.2, 0.25) is 13.6 Å². The molecule has 6 heteroatoms. The summed E-state index contributed by atoms with van der Waals surface area (Å²) >= 11 is 0. The van der Waals surface area contributed by atoms with Gasteiger partial charge in [0.1, 0.15) is 5.76 Å². The van der Waals surface area contributed by atoms with Crippen LogP contribution in [0.2, 0.25) is 0 Å². The SMILES string of the molecule is C1=CC(CN2CCN(Cc3ccc4c(c3)OCO4)CC2)=CC2=C(C1)OCO2. The Bertz CT molecular complexity index is 806. The molecule has 0 radical (unpaired) electrons. The minimum absolute atomic E-state index is 0.331. The molecule has 4 aliphatic rings. The highest BCUT2D eigenvalue weighted by Gasteiger charge is 2.21. The Kier molecular flexibility index (Phi) is 4.51. The van der Waals surface area contributed by atoms with Crippen molar-refractivity contribution in [3.05, 3.63) is 59.1 Å². The Balaban J connectivity index is 1.15. The highest BCUT2D eigenvalue weighted by Crippen LogP contribution is 2.33. The fourth-order valence-electron chi connectivity index (χ4n) is 3.89. The van der Waals surface area contributed by atoms with Crippen LogP contribution in [0.15, 0.2) is 53.5 Å². The molecule has 0 aromatic heterocycles. The molecule has 1 saturated heterocycles. The molecular weight excluding hydrogens is 344 g/mol. The number of fused-ring (bicyclic) bond motifs is 1. The van der Waals surface area contributed by atoms with Crippen LogP contribution in [-0.2, 0) is 16.0 Å². The maximum Gasteiger partial charge on any atom is 0.231 e. The summed E-state index contributed by atoms with van der Waals surface area (Å²) in [4.78, 5) is 5.01. The molecule has 5 rings (SSSR count). The van der Waals surface area contributed by atoms with E-state index in [9.17, 15) is 0 Å². The van der Waals surface area contributed by atoms with Crippen LogP contribution in [0.5, 0.6) is 11.5 Å². The summed E-state index contributed by atoms with van der Waals surface area (Å²) in [6, 6.07) is 6.25. The van der Waals surface area contributed by atoms with E-state index in [2.05, 4.69) is 40.2 Å². The van der Waals surface area contributed by atoms with Crippen molar-refractivity contribution in [1.29, 1.82) is 0 Å². The zero-order chi connectivity index (χ0) is 18.1. The number of nitrogens with zero attached hydrogens (tertiary/aromatic N) is 2. The standard InChI is InChI=1S/C21H24N2O4/c1-2-16(10-20-18(3-1)24-14-26-20)12-22-6-8-23(9-7-22)13-17-4-5-19-21(11-17)27-15-25-19/h1-2,4-5,10-11H,3,6-9,12-15H2. The van der Waals surface area contributed by atoms with Crippen LogP contribution in [-0.4, -0.2) is 56.1 Å². The topological polar surface area (TPSA) is 43.4 Å². The lowest BCUT2D eigenvalue weighted by Gasteiger charge is -2.35. The molecule has 6 nitrogen and oxygen atoms in total. The van der Waals surface area contributed by atoms with Gasteiger partial charge in [-0.2, -0.15) is 0 Å². The van der Waals surface area contributed by atoms with Crippen molar-refractivity contribution in [3.8, 4) is 11.5 Å². The van der Waals surface area contributed by atoms with E-state index >= 15 is 0 Å². The van der Waals surface area contributed by atoms with Crippen LogP contribution in [0, 0.1) is 0 Å². The fraction of sp³-hybridized carbons (Fsp3) is 0.429. The summed E-state index contributed by atoms with van der Waals surface area (Å²) in [7, 11) is 0. The average molecular weight is 368 g/mol. The lowest BCUT2D eigenvalue weighted by atomic mass is 10.1. The second kappa shape index (κ2) is 7.29. The van der Waals surface area contributed by atoms with Crippen LogP contribution in [0.4, 0.5) is 0 Å². The summed E-state index contributed by atoms with van der Waals surface area (Å²) in [5, 5.41) is 0. The first-order valence-electron chi connectivity index (χ1n) is 9.52. The summed E-state index contributed by atoms with van der Waals surface area (Å²) in [6.07, 6.45) is 7.31. The first-order valence-corrected chi connectivity index (χ1v) is 9.52. The van der Waals surface area contributed by atoms with E-state index in [0.717, 1.165) is 68.7 Å². The second-order valence-corrected chi connectivity index (χ2v) is 7.26. The van der Waals surface area contributed by atoms with Gasteiger partial charge in [-0.05, 0) is 29.3 Å². The number of piperazine rings is 1. The molecule has 142 valence electrons. The van der Waals surface area contributed by atoms with Gasteiger partial charge < -0.3 is 18.9 Å². The Labute approximate surface area is 159 Å². The molecule has 3 aliphatic heterocycles. The third kappa shape index (κ3) is 3.68. The van der Waals surface area contributed by atoms with Crippen LogP contribution >= 0.6 is 0 Å². The van der Waals surface area contributed by atoms with Crippen LogP contribution in [0.25, 0.3) is 0 Å². The molecule has 0 amide bonds. The Morgan fingerprint density at radius 1 is 0.815 bits per heavy atom. The molecule has 0 bridgehead atoms. The van der Waals surface area contributed by atoms with E-state index in [1.165, 1.54) is 11.1 Å². The minimum atomic E-state index is 0.331. The second-order valence-electron chi connectivity index (χ2n) is 7.26. The summed E-state index contributed by atoms with van der Waals surface area (Å²) in [6.45, 7) is 6.86. The normalized spacial score (nSPS) is 22.1. The number of hydrogen-bond donors (Lipinski definition) is 0. The van der Waals surface area contributed by atoms with Crippen LogP contribution in [0.3, 0.4) is 0 Å². The minimum Gasteiger partial charge on any atom is -0.458 e. The molecule has 27 heavy (non-hydrogen) atoms. The van der Waals surface area contributed by atoms with E-state index in [0.29, 0.717) is 13.6 Å². The molecule has 0 spiro atoms. The third-order valence-electron chi connectivity index (χ3n) is 5.39. The van der Waals surface area contributed by atoms with Gasteiger partial charge in [0.25, 0.3) is 0 Å². The lowest BCUT2D eigenvalue weighted by molar-refractivity contribution is 0.0730. The van der Waals surface area contributed by atoms with Crippen molar-refractivity contribution in [3.63, 3.8) is 0 Å². The van der Waals surface area contributed by atoms with Crippen molar-refractivity contribution in [2.24, 2.45) is 0 Å². The van der Waals surface area contributed by atoms with E-state index in [-0.39, 0.29) is 0 Å². The Morgan fingerprint density at radius 2 is 1.59 bits per heavy atom. The smallest absolute Gasteiger partial charge is 0.231 e. The Hall–Kier alpha value is -2.44. The van der Waals surface area contributed by atoms with Gasteiger partial charge in [0.15, 0.2) is 17.3 Å². The first-order chi connectivity index (χ1) is 13.3. The number of rotatable bonds is 4. The molecule has 0 atom stereocenters. The highest BCUT2D eigenvalue weighted by molar-refractivity contribution is 5.44. The van der Waals surface area contributed by atoms with Crippen molar-refractivity contribution < 1.29 is 18.9 Å². The van der Waals surface area contributed by atoms with Gasteiger partial charge in [0.05, 0.1) is 0 Å². The van der Waals surface area contributed by atoms with Crippen molar-refractivity contribution >= 4 is 0 Å². The maximum atomic E-state index is 5.57. The zero-order valence-corrected chi connectivity index (χ0v) is 15.4. The average Bonchev–Trinajstić information content (AvgIpc) is 3.28. The molecule has 1 aromatic rings. The van der Waals surface area contributed by atoms with Gasteiger partial charge in [-0.25, -0.2) is 0 Å². The number of benzene rings is 1. The molecule has 0 N–H and O–H groups in total. The molecule has 0 saturated carbocycles. The monoisotopic (exact) mass is 368 g/mol. The summed E-state index contributed by atoms with van der Waals surface area (Å²) < 4.78 is 21.9. The maximum absolute atomic E-state index is 5.57. The van der Waals surface area contributed by atoms with Crippen molar-refractivity contribution in [2.45, 2.75) is 13.0 Å². The molecule has 1 aliphatic carbocycles. The predicted molar refractivity (Wildman–Crippen MR) is 100 cm³/mol. The third-order valence-corrected chi connectivity index (χ3v) is 5.39. The molecule has 1 aromatic carbocycles. The van der Waals surface area contributed by atoms with E-state index in [1.807, 2.05) is 6.07 Å². The van der Waals surface area contributed by atoms with Crippen molar-refractivity contribution in [1.82, 2.24) is 9.80 Å². The quantitative estimate of drug-likeness (QED) is 0.814. The van der Waals surface area contributed by atoms with Crippen LogP contribution in [0.1, 0.15) is 12.0 Å². The lowest BCUT2D eigenvalue weighted by Crippen LogP contribution is -2.46. The largest absolute Gasteiger partial charge is 0.458 e. The first kappa shape index (κ1) is 16.7. The van der Waals surface area contributed by atoms with Gasteiger partial charge in [0, 0.05) is 45.7 Å². The van der Waals surface area contributed by atoms with Gasteiger partial charge >= 0.3 is 0 Å². The number of hydrogen-bond acceptors (Lipinski definition) is 6. The number of allylic oxidation sites excluding steroid dienone is 2. The van der Waals surface area contributed by atoms with Gasteiger partial charge in [-0.1, -0.05) is 18.2 Å². The molecule has 1 fully saturated rings. The molecular formula is C21H24N2O4. The van der Waals surface area contributed by atoms with E-state index in [1.54, 1.807) is 0 Å². The molecule has 0 unspecified atom stereocenters. The summed E-state index contributed by atoms with van der Waals surface area (Å²) in [5.41, 5.74) is 2.56. The number of ether oxygens (including phenoxy) is 4. The zero-order valence-electron chi connectivity index (χ0n) is 15.4. The van der Waals surface area contributed by atoms with Crippen molar-refractivity contribution in [2.75, 3.05) is 46.3 Å². The highest BCUT2D eigenvalue weighted by atomic mass is 16.7. The van der Waals surface area contributed by atoms with Gasteiger partial charge in [-0.3, -0.25) is 9.80 Å². The van der Waals surface area contributed by atoms with Crippen LogP contribution < -0.4 is 9.47 Å². The van der Waals surface area contributed by atoms with E-state index in [4.69, 9.17) is 18.9 Å². The molecule has 3 heterocycles. The Morgan fingerprint density at radius 3 is 2.48 bits per heavy atom. The fourth-order valence-corrected chi connectivity index (χ4v) is 3.89. The van der Waals surface area contributed by atoms with E-state index < -0.39 is 0 Å².